The van der Waals surface area contributed by atoms with E-state index in [9.17, 15) is 0 Å². The summed E-state index contributed by atoms with van der Waals surface area (Å²) in [5.74, 6) is 0. The van der Waals surface area contributed by atoms with Crippen LogP contribution in [0.3, 0.4) is 0 Å². The van der Waals surface area contributed by atoms with E-state index in [-0.39, 0.29) is 0 Å². The lowest BCUT2D eigenvalue weighted by Gasteiger charge is -1.95. The Bertz CT molecular complexity index is 259. The van der Waals surface area contributed by atoms with Crippen molar-refractivity contribution in [3.63, 3.8) is 0 Å². The van der Waals surface area contributed by atoms with Crippen LogP contribution in [0.15, 0.2) is 18.2 Å². The van der Waals surface area contributed by atoms with Crippen LogP contribution in [0, 0.1) is 10.8 Å². The fourth-order valence-corrected chi connectivity index (χ4v) is 0.813. The molecule has 0 atom stereocenters. The minimum Gasteiger partial charge on any atom is -0.397 e. The number of nitrogens with two attached hydrogens (primary N) is 1. The van der Waals surface area contributed by atoms with Crippen molar-refractivity contribution in [2.45, 2.75) is 0 Å². The fourth-order valence-electron chi connectivity index (χ4n) is 0.515. The van der Waals surface area contributed by atoms with E-state index in [1.54, 1.807) is 18.2 Å². The van der Waals surface area contributed by atoms with Crippen molar-refractivity contribution < 1.29 is 0 Å². The van der Waals surface area contributed by atoms with Gasteiger partial charge >= 0.3 is 0 Å². The lowest BCUT2D eigenvalue weighted by Crippen LogP contribution is -1.83. The molecular formula is C6H5Cl2N3. The van der Waals surface area contributed by atoms with Gasteiger partial charge in [-0.1, -0.05) is 23.2 Å². The molecule has 11 heavy (non-hydrogen) atoms. The largest absolute Gasteiger partial charge is 0.397 e. The van der Waals surface area contributed by atoms with Crippen LogP contribution in [-0.2, 0) is 0 Å². The maximum atomic E-state index is 6.00. The van der Waals surface area contributed by atoms with Crippen LogP contribution in [0.25, 0.3) is 0 Å². The minimum absolute atomic E-state index is 0.518. The zero-order chi connectivity index (χ0) is 8.85. The highest BCUT2D eigenvalue weighted by Crippen LogP contribution is 2.21. The van der Waals surface area contributed by atoms with E-state index >= 15 is 0 Å². The highest BCUT2D eigenvalue weighted by Gasteiger charge is 1.93. The quantitative estimate of drug-likeness (QED) is 0.504. The monoisotopic (exact) mass is 189 g/mol. The van der Waals surface area contributed by atoms with Crippen molar-refractivity contribution in [2.75, 3.05) is 5.73 Å². The normalized spacial score (nSPS) is 8.00. The second kappa shape index (κ2) is 4.78. The Balaban J connectivity index is 0.000000461. The highest BCUT2D eigenvalue weighted by atomic mass is 35.5. The van der Waals surface area contributed by atoms with Gasteiger partial charge in [0.1, 0.15) is 0 Å². The fraction of sp³-hybridized carbons (Fsp3) is 0. The van der Waals surface area contributed by atoms with E-state index in [0.29, 0.717) is 15.7 Å². The molecule has 0 saturated heterocycles. The molecule has 3 nitrogen and oxygen atoms in total. The molecule has 58 valence electrons. The number of benzene rings is 1. The molecule has 0 fully saturated rings. The average molecular weight is 190 g/mol. The summed E-state index contributed by atoms with van der Waals surface area (Å²) in [6.07, 6.45) is 0. The summed E-state index contributed by atoms with van der Waals surface area (Å²) in [6, 6.07) is 4.98. The SMILES string of the molecule is N#N.Nc1cc(Cl)ccc1Cl. The van der Waals surface area contributed by atoms with Gasteiger partial charge in [-0.25, -0.2) is 0 Å². The first-order valence-corrected chi connectivity index (χ1v) is 3.36. The van der Waals surface area contributed by atoms with Gasteiger partial charge in [-0.15, -0.1) is 0 Å². The molecule has 0 unspecified atom stereocenters. The van der Waals surface area contributed by atoms with Gasteiger partial charge < -0.3 is 5.73 Å². The van der Waals surface area contributed by atoms with E-state index < -0.39 is 0 Å². The zero-order valence-corrected chi connectivity index (χ0v) is 6.97. The smallest absolute Gasteiger partial charge is 0.0636 e. The van der Waals surface area contributed by atoms with Crippen LogP contribution in [-0.4, -0.2) is 0 Å². The third-order valence-electron chi connectivity index (χ3n) is 0.958. The van der Waals surface area contributed by atoms with Crippen LogP contribution >= 0.6 is 23.2 Å². The number of nitrogens with zero attached hydrogens (tertiary/aromatic N) is 2. The topological polar surface area (TPSA) is 73.6 Å². The van der Waals surface area contributed by atoms with Crippen LogP contribution < -0.4 is 5.73 Å². The van der Waals surface area contributed by atoms with Gasteiger partial charge in [0.15, 0.2) is 0 Å². The Morgan fingerprint density at radius 1 is 1.18 bits per heavy atom. The molecule has 5 heteroatoms. The molecular weight excluding hydrogens is 185 g/mol. The van der Waals surface area contributed by atoms with Crippen molar-refractivity contribution >= 4 is 28.9 Å². The summed E-state index contributed by atoms with van der Waals surface area (Å²) in [6.45, 7) is 0. The second-order valence-electron chi connectivity index (χ2n) is 1.67. The first-order chi connectivity index (χ1) is 5.20. The third kappa shape index (κ3) is 3.08. The van der Waals surface area contributed by atoms with Crippen molar-refractivity contribution in [3.05, 3.63) is 28.2 Å². The van der Waals surface area contributed by atoms with Gasteiger partial charge in [0.25, 0.3) is 0 Å². The molecule has 1 rings (SSSR count). The molecule has 0 aromatic heterocycles. The Morgan fingerprint density at radius 2 is 1.73 bits per heavy atom. The molecule has 0 spiro atoms. The second-order valence-corrected chi connectivity index (χ2v) is 2.51. The van der Waals surface area contributed by atoms with Crippen LogP contribution in [0.4, 0.5) is 5.69 Å². The van der Waals surface area contributed by atoms with Gasteiger partial charge in [-0.05, 0) is 18.2 Å². The van der Waals surface area contributed by atoms with Gasteiger partial charge in [0.05, 0.1) is 10.7 Å². The van der Waals surface area contributed by atoms with Crippen molar-refractivity contribution in [1.29, 1.82) is 10.8 Å². The number of halogens is 2. The predicted molar refractivity (Wildman–Crippen MR) is 44.3 cm³/mol. The summed E-state index contributed by atoms with van der Waals surface area (Å²) in [5, 5.41) is 13.1. The molecule has 2 N–H and O–H groups in total. The molecule has 0 aliphatic carbocycles. The number of rotatable bonds is 0. The molecule has 0 amide bonds. The number of hydrogen-bond acceptors (Lipinski definition) is 3. The Hall–Kier alpha value is -0.980. The molecule has 0 bridgehead atoms. The van der Waals surface area contributed by atoms with Crippen molar-refractivity contribution in [2.24, 2.45) is 0 Å². The maximum Gasteiger partial charge on any atom is 0.0636 e. The Kier molecular flexibility index (Phi) is 4.35. The van der Waals surface area contributed by atoms with E-state index in [0.717, 1.165) is 0 Å². The molecule has 0 saturated carbocycles. The first kappa shape index (κ1) is 10.0. The molecule has 0 aliphatic rings. The standard InChI is InChI=1S/C6H5Cl2N.N2/c7-4-1-2-5(8)6(9)3-4;1-2/h1-3H,9H2;. The summed E-state index contributed by atoms with van der Waals surface area (Å²) in [4.78, 5) is 0. The lowest BCUT2D eigenvalue weighted by atomic mass is 10.3. The number of hydrogen-bond donors (Lipinski definition) is 1. The van der Waals surface area contributed by atoms with Crippen molar-refractivity contribution in [1.82, 2.24) is 0 Å². The lowest BCUT2D eigenvalue weighted by molar-refractivity contribution is 1.15. The Labute approximate surface area is 74.1 Å². The molecule has 1 aromatic rings. The summed E-state index contributed by atoms with van der Waals surface area (Å²) >= 11 is 11.2. The summed E-state index contributed by atoms with van der Waals surface area (Å²) < 4.78 is 0. The maximum absolute atomic E-state index is 6.00. The van der Waals surface area contributed by atoms with Crippen LogP contribution in [0.2, 0.25) is 10.0 Å². The number of nitrogen functional groups attached to an aromatic ring is 1. The molecule has 0 radical (unpaired) electrons. The van der Waals surface area contributed by atoms with E-state index in [1.165, 1.54) is 0 Å². The average Bonchev–Trinajstić information content (AvgIpc) is 2.02. The van der Waals surface area contributed by atoms with Crippen LogP contribution in [0.5, 0.6) is 0 Å². The zero-order valence-electron chi connectivity index (χ0n) is 5.46. The van der Waals surface area contributed by atoms with Crippen molar-refractivity contribution in [3.8, 4) is 0 Å². The highest BCUT2D eigenvalue weighted by molar-refractivity contribution is 6.35. The molecule has 0 aliphatic heterocycles. The van der Waals surface area contributed by atoms with E-state index in [1.807, 2.05) is 0 Å². The van der Waals surface area contributed by atoms with Gasteiger partial charge in [-0.3, -0.25) is 0 Å². The molecule has 1 aromatic carbocycles. The van der Waals surface area contributed by atoms with E-state index in [4.69, 9.17) is 39.7 Å². The van der Waals surface area contributed by atoms with Gasteiger partial charge in [-0.2, -0.15) is 0 Å². The Morgan fingerprint density at radius 3 is 2.09 bits per heavy atom. The molecule has 0 heterocycles. The van der Waals surface area contributed by atoms with E-state index in [2.05, 4.69) is 0 Å². The van der Waals surface area contributed by atoms with Gasteiger partial charge in [0.2, 0.25) is 0 Å². The summed E-state index contributed by atoms with van der Waals surface area (Å²) in [5.41, 5.74) is 5.92. The van der Waals surface area contributed by atoms with Crippen LogP contribution in [0.1, 0.15) is 0 Å². The van der Waals surface area contributed by atoms with Gasteiger partial charge in [0, 0.05) is 15.8 Å². The summed E-state index contributed by atoms with van der Waals surface area (Å²) in [7, 11) is 0. The first-order valence-electron chi connectivity index (χ1n) is 2.60. The third-order valence-corrected chi connectivity index (χ3v) is 1.54. The number of anilines is 1. The predicted octanol–water partition coefficient (Wildman–Crippen LogP) is 2.61. The minimum atomic E-state index is 0.518.